The summed E-state index contributed by atoms with van der Waals surface area (Å²) in [6.07, 6.45) is 4.75. The molecule has 136 valence electrons. The predicted octanol–water partition coefficient (Wildman–Crippen LogP) is 3.21. The summed E-state index contributed by atoms with van der Waals surface area (Å²) in [7, 11) is -1.90. The molecule has 0 atom stereocenters. The van der Waals surface area contributed by atoms with Crippen molar-refractivity contribution in [2.75, 3.05) is 18.9 Å². The van der Waals surface area contributed by atoms with Crippen LogP contribution in [0.5, 0.6) is 0 Å². The van der Waals surface area contributed by atoms with E-state index in [1.807, 2.05) is 29.5 Å². The summed E-state index contributed by atoms with van der Waals surface area (Å²) in [4.78, 5) is 14.9. The highest BCUT2D eigenvalue weighted by Gasteiger charge is 2.20. The zero-order valence-electron chi connectivity index (χ0n) is 14.3. The van der Waals surface area contributed by atoms with Crippen molar-refractivity contribution in [2.24, 2.45) is 4.40 Å². The SMILES string of the molecule is CN1CCC/C1=N\S(=O)(=O)c1ccc(NC(=O)/C=C/c2cccs2)cc1. The van der Waals surface area contributed by atoms with Crippen molar-refractivity contribution in [3.63, 3.8) is 0 Å². The van der Waals surface area contributed by atoms with E-state index in [0.29, 0.717) is 17.9 Å². The fourth-order valence-corrected chi connectivity index (χ4v) is 4.25. The first-order valence-corrected chi connectivity index (χ1v) is 10.4. The molecule has 1 aliphatic rings. The average Bonchev–Trinajstić information content (AvgIpc) is 3.26. The van der Waals surface area contributed by atoms with Crippen LogP contribution in [0.25, 0.3) is 6.08 Å². The van der Waals surface area contributed by atoms with Crippen LogP contribution in [-0.4, -0.2) is 38.7 Å². The molecule has 26 heavy (non-hydrogen) atoms. The van der Waals surface area contributed by atoms with E-state index in [2.05, 4.69) is 9.71 Å². The number of nitrogens with one attached hydrogen (secondary N) is 1. The monoisotopic (exact) mass is 389 g/mol. The number of likely N-dealkylation sites (tertiary alicyclic amines) is 1. The van der Waals surface area contributed by atoms with E-state index < -0.39 is 10.0 Å². The van der Waals surface area contributed by atoms with Gasteiger partial charge in [-0.25, -0.2) is 0 Å². The summed E-state index contributed by atoms with van der Waals surface area (Å²) in [5.41, 5.74) is 0.524. The molecule has 1 aromatic carbocycles. The molecule has 2 heterocycles. The van der Waals surface area contributed by atoms with E-state index in [4.69, 9.17) is 0 Å². The van der Waals surface area contributed by atoms with Crippen molar-refractivity contribution in [2.45, 2.75) is 17.7 Å². The van der Waals surface area contributed by atoms with Crippen LogP contribution in [0.15, 0.2) is 57.1 Å². The molecule has 0 spiro atoms. The van der Waals surface area contributed by atoms with E-state index in [1.54, 1.807) is 18.2 Å². The molecule has 8 heteroatoms. The number of thiophene rings is 1. The van der Waals surface area contributed by atoms with Crippen LogP contribution < -0.4 is 5.32 Å². The maximum Gasteiger partial charge on any atom is 0.283 e. The van der Waals surface area contributed by atoms with Gasteiger partial charge in [0, 0.05) is 36.7 Å². The molecular weight excluding hydrogens is 370 g/mol. The minimum absolute atomic E-state index is 0.109. The Hall–Kier alpha value is -2.45. The molecule has 1 N–H and O–H groups in total. The van der Waals surface area contributed by atoms with Gasteiger partial charge in [0.2, 0.25) is 5.91 Å². The number of amidine groups is 1. The van der Waals surface area contributed by atoms with Crippen molar-refractivity contribution >= 4 is 44.9 Å². The Morgan fingerprint density at radius 2 is 2.04 bits per heavy atom. The third-order valence-electron chi connectivity index (χ3n) is 3.92. The molecule has 0 saturated carbocycles. The number of amides is 1. The van der Waals surface area contributed by atoms with Gasteiger partial charge in [0.05, 0.1) is 4.90 Å². The summed E-state index contributed by atoms with van der Waals surface area (Å²) in [6, 6.07) is 9.84. The Balaban J connectivity index is 1.67. The molecule has 6 nitrogen and oxygen atoms in total. The van der Waals surface area contributed by atoms with Crippen LogP contribution in [0.2, 0.25) is 0 Å². The molecule has 1 saturated heterocycles. The summed E-state index contributed by atoms with van der Waals surface area (Å²) in [6.45, 7) is 0.818. The summed E-state index contributed by atoms with van der Waals surface area (Å²) >= 11 is 1.54. The van der Waals surface area contributed by atoms with Crippen LogP contribution in [0, 0.1) is 0 Å². The van der Waals surface area contributed by atoms with Crippen LogP contribution in [-0.2, 0) is 14.8 Å². The number of nitrogens with zero attached hydrogens (tertiary/aromatic N) is 2. The lowest BCUT2D eigenvalue weighted by Gasteiger charge is -2.11. The van der Waals surface area contributed by atoms with Crippen molar-refractivity contribution in [3.05, 3.63) is 52.7 Å². The highest BCUT2D eigenvalue weighted by atomic mass is 32.2. The molecule has 1 fully saturated rings. The Kier molecular flexibility index (Phi) is 5.53. The van der Waals surface area contributed by atoms with E-state index in [1.165, 1.54) is 29.5 Å². The van der Waals surface area contributed by atoms with Crippen molar-refractivity contribution in [1.82, 2.24) is 4.90 Å². The van der Waals surface area contributed by atoms with E-state index in [9.17, 15) is 13.2 Å². The largest absolute Gasteiger partial charge is 0.362 e. The average molecular weight is 390 g/mol. The number of carbonyl (C=O) groups excluding carboxylic acids is 1. The molecule has 1 aromatic heterocycles. The molecule has 0 radical (unpaired) electrons. The van der Waals surface area contributed by atoms with Gasteiger partial charge in [-0.1, -0.05) is 6.07 Å². The molecule has 2 aromatic rings. The second-order valence-corrected chi connectivity index (χ2v) is 8.45. The Morgan fingerprint density at radius 1 is 1.27 bits per heavy atom. The Labute approximate surface area is 156 Å². The molecule has 0 aliphatic carbocycles. The van der Waals surface area contributed by atoms with E-state index in [-0.39, 0.29) is 10.8 Å². The highest BCUT2D eigenvalue weighted by Crippen LogP contribution is 2.19. The minimum Gasteiger partial charge on any atom is -0.362 e. The van der Waals surface area contributed by atoms with Gasteiger partial charge in [-0.2, -0.15) is 8.42 Å². The smallest absolute Gasteiger partial charge is 0.283 e. The quantitative estimate of drug-likeness (QED) is 0.797. The number of anilines is 1. The molecule has 0 unspecified atom stereocenters. The van der Waals surface area contributed by atoms with Crippen LogP contribution in [0.4, 0.5) is 5.69 Å². The third kappa shape index (κ3) is 4.59. The van der Waals surface area contributed by atoms with E-state index >= 15 is 0 Å². The maximum absolute atomic E-state index is 12.4. The lowest BCUT2D eigenvalue weighted by atomic mass is 10.3. The summed E-state index contributed by atoms with van der Waals surface area (Å²) < 4.78 is 28.7. The molecule has 1 amide bonds. The summed E-state index contributed by atoms with van der Waals surface area (Å²) in [5, 5.41) is 4.64. The predicted molar refractivity (Wildman–Crippen MR) is 105 cm³/mol. The van der Waals surface area contributed by atoms with Crippen LogP contribution in [0.1, 0.15) is 17.7 Å². The number of hydrogen-bond acceptors (Lipinski definition) is 4. The summed E-state index contributed by atoms with van der Waals surface area (Å²) in [5.74, 6) is 0.308. The molecule has 3 rings (SSSR count). The molecular formula is C18H19N3O3S2. The van der Waals surface area contributed by atoms with Gasteiger partial charge in [0.15, 0.2) is 0 Å². The van der Waals surface area contributed by atoms with Crippen molar-refractivity contribution in [3.8, 4) is 0 Å². The van der Waals surface area contributed by atoms with E-state index in [0.717, 1.165) is 17.8 Å². The minimum atomic E-state index is -3.74. The Bertz CT molecular complexity index is 931. The lowest BCUT2D eigenvalue weighted by Crippen LogP contribution is -2.20. The standard InChI is InChI=1S/C18H19N3O3S2/c1-21-12-2-5-17(21)20-26(23,24)16-9-6-14(7-10-16)19-18(22)11-8-15-4-3-13-25-15/h3-4,6-11,13H,2,5,12H2,1H3,(H,19,22)/b11-8+,20-17+. The number of sulfonamides is 1. The number of carbonyl (C=O) groups is 1. The van der Waals surface area contributed by atoms with Gasteiger partial charge in [-0.3, -0.25) is 4.79 Å². The zero-order valence-corrected chi connectivity index (χ0v) is 15.9. The Morgan fingerprint density at radius 3 is 2.65 bits per heavy atom. The molecule has 1 aliphatic heterocycles. The normalized spacial score (nSPS) is 16.5. The first-order valence-electron chi connectivity index (χ1n) is 8.12. The molecule has 0 bridgehead atoms. The van der Waals surface area contributed by atoms with Crippen molar-refractivity contribution < 1.29 is 13.2 Å². The second-order valence-electron chi connectivity index (χ2n) is 5.87. The second kappa shape index (κ2) is 7.84. The number of benzene rings is 1. The van der Waals surface area contributed by atoms with Gasteiger partial charge in [0.1, 0.15) is 5.84 Å². The first-order chi connectivity index (χ1) is 12.4. The third-order valence-corrected chi connectivity index (χ3v) is 6.08. The fraction of sp³-hybridized carbons (Fsp3) is 0.222. The highest BCUT2D eigenvalue weighted by molar-refractivity contribution is 7.90. The maximum atomic E-state index is 12.4. The fourth-order valence-electron chi connectivity index (χ4n) is 2.54. The van der Waals surface area contributed by atoms with Gasteiger partial charge in [-0.05, 0) is 48.2 Å². The number of rotatable bonds is 5. The van der Waals surface area contributed by atoms with Gasteiger partial charge in [-0.15, -0.1) is 15.7 Å². The van der Waals surface area contributed by atoms with Crippen LogP contribution in [0.3, 0.4) is 0 Å². The lowest BCUT2D eigenvalue weighted by molar-refractivity contribution is -0.111. The van der Waals surface area contributed by atoms with Gasteiger partial charge < -0.3 is 10.2 Å². The zero-order chi connectivity index (χ0) is 18.6. The van der Waals surface area contributed by atoms with Crippen molar-refractivity contribution in [1.29, 1.82) is 0 Å². The van der Waals surface area contributed by atoms with Crippen LogP contribution >= 0.6 is 11.3 Å². The first kappa shape index (κ1) is 18.3. The topological polar surface area (TPSA) is 78.8 Å². The van der Waals surface area contributed by atoms with Gasteiger partial charge in [0.25, 0.3) is 10.0 Å². The number of hydrogen-bond donors (Lipinski definition) is 1. The van der Waals surface area contributed by atoms with Gasteiger partial charge >= 0.3 is 0 Å².